The van der Waals surface area contributed by atoms with Gasteiger partial charge in [-0.25, -0.2) is 4.79 Å². The molecule has 0 bridgehead atoms. The molecule has 0 aliphatic heterocycles. The van der Waals surface area contributed by atoms with Crippen LogP contribution in [0.4, 0.5) is 4.79 Å². The van der Waals surface area contributed by atoms with E-state index in [1.165, 1.54) is 19.3 Å². The Bertz CT molecular complexity index is 388. The fraction of sp³-hybridized carbons (Fsp3) is 0.875. The van der Waals surface area contributed by atoms with Gasteiger partial charge < -0.3 is 20.5 Å². The maximum absolute atomic E-state index is 11.9. The van der Waals surface area contributed by atoms with Gasteiger partial charge in [-0.3, -0.25) is 4.79 Å². The fourth-order valence-electron chi connectivity index (χ4n) is 3.61. The summed E-state index contributed by atoms with van der Waals surface area (Å²) in [6.07, 6.45) is 7.37. The summed E-state index contributed by atoms with van der Waals surface area (Å²) in [6.45, 7) is 1.44. The molecule has 2 saturated carbocycles. The summed E-state index contributed by atoms with van der Waals surface area (Å²) in [4.78, 5) is 22.8. The van der Waals surface area contributed by atoms with Crippen molar-refractivity contribution in [1.82, 2.24) is 10.6 Å². The molecule has 126 valence electrons. The van der Waals surface area contributed by atoms with Crippen LogP contribution in [0, 0.1) is 11.3 Å². The highest BCUT2D eigenvalue weighted by Crippen LogP contribution is 2.43. The van der Waals surface area contributed by atoms with Gasteiger partial charge in [-0.2, -0.15) is 0 Å². The van der Waals surface area contributed by atoms with Gasteiger partial charge in [-0.1, -0.05) is 6.42 Å². The Morgan fingerprint density at radius 1 is 1.23 bits per heavy atom. The molecule has 6 nitrogen and oxygen atoms in total. The lowest BCUT2D eigenvalue weighted by Crippen LogP contribution is -2.46. The van der Waals surface area contributed by atoms with Crippen molar-refractivity contribution in [2.75, 3.05) is 20.3 Å². The van der Waals surface area contributed by atoms with Crippen molar-refractivity contribution in [3.05, 3.63) is 0 Å². The van der Waals surface area contributed by atoms with E-state index < -0.39 is 5.97 Å². The molecule has 3 N–H and O–H groups in total. The number of aliphatic carboxylic acids is 1. The Labute approximate surface area is 132 Å². The van der Waals surface area contributed by atoms with E-state index in [4.69, 9.17) is 9.84 Å². The van der Waals surface area contributed by atoms with Gasteiger partial charge in [0, 0.05) is 19.7 Å². The van der Waals surface area contributed by atoms with Crippen molar-refractivity contribution in [2.45, 2.75) is 57.4 Å². The minimum Gasteiger partial charge on any atom is -0.481 e. The Hall–Kier alpha value is -1.30. The molecule has 0 saturated heterocycles. The number of urea groups is 1. The molecule has 0 unspecified atom stereocenters. The lowest BCUT2D eigenvalue weighted by Gasteiger charge is -2.41. The number of hydrogen-bond donors (Lipinski definition) is 3. The molecule has 0 atom stereocenters. The number of amides is 2. The Morgan fingerprint density at radius 3 is 2.41 bits per heavy atom. The van der Waals surface area contributed by atoms with Gasteiger partial charge in [0.25, 0.3) is 0 Å². The summed E-state index contributed by atoms with van der Waals surface area (Å²) in [7, 11) is 1.73. The average molecular weight is 312 g/mol. The van der Waals surface area contributed by atoms with E-state index in [1.54, 1.807) is 7.11 Å². The smallest absolute Gasteiger partial charge is 0.315 e. The highest BCUT2D eigenvalue weighted by Gasteiger charge is 2.36. The number of hydrogen-bond acceptors (Lipinski definition) is 3. The van der Waals surface area contributed by atoms with Gasteiger partial charge in [0.2, 0.25) is 0 Å². The van der Waals surface area contributed by atoms with Crippen molar-refractivity contribution >= 4 is 12.0 Å². The maximum atomic E-state index is 11.9. The highest BCUT2D eigenvalue weighted by molar-refractivity contribution is 5.74. The Morgan fingerprint density at radius 2 is 1.91 bits per heavy atom. The zero-order chi connectivity index (χ0) is 16.0. The SMILES string of the molecule is COCC1(CCNC(=O)NC2CCC(C(=O)O)CC2)CCC1. The van der Waals surface area contributed by atoms with Crippen molar-refractivity contribution in [2.24, 2.45) is 11.3 Å². The molecule has 0 aromatic rings. The van der Waals surface area contributed by atoms with E-state index in [2.05, 4.69) is 10.6 Å². The first kappa shape index (κ1) is 17.1. The Kier molecular flexibility index (Phi) is 6.06. The topological polar surface area (TPSA) is 87.7 Å². The molecule has 2 aliphatic carbocycles. The molecule has 0 aromatic heterocycles. The molecule has 0 spiro atoms. The van der Waals surface area contributed by atoms with Crippen LogP contribution in [0.25, 0.3) is 0 Å². The second-order valence-corrected chi connectivity index (χ2v) is 6.82. The summed E-state index contributed by atoms with van der Waals surface area (Å²) in [5.41, 5.74) is 0.265. The van der Waals surface area contributed by atoms with Crippen LogP contribution >= 0.6 is 0 Å². The van der Waals surface area contributed by atoms with E-state index in [1.807, 2.05) is 0 Å². The van der Waals surface area contributed by atoms with Crippen molar-refractivity contribution in [1.29, 1.82) is 0 Å². The van der Waals surface area contributed by atoms with Crippen molar-refractivity contribution in [3.63, 3.8) is 0 Å². The molecule has 0 aromatic carbocycles. The summed E-state index contributed by atoms with van der Waals surface area (Å²) < 4.78 is 5.28. The molecule has 2 rings (SSSR count). The molecule has 22 heavy (non-hydrogen) atoms. The predicted octanol–water partition coefficient (Wildman–Crippen LogP) is 2.14. The van der Waals surface area contributed by atoms with Crippen LogP contribution in [-0.2, 0) is 9.53 Å². The van der Waals surface area contributed by atoms with Gasteiger partial charge in [0.15, 0.2) is 0 Å². The number of nitrogens with one attached hydrogen (secondary N) is 2. The van der Waals surface area contributed by atoms with E-state index >= 15 is 0 Å². The third-order valence-electron chi connectivity index (χ3n) is 5.22. The van der Waals surface area contributed by atoms with E-state index in [9.17, 15) is 9.59 Å². The Balaban J connectivity index is 1.61. The van der Waals surface area contributed by atoms with Crippen LogP contribution in [0.2, 0.25) is 0 Å². The number of methoxy groups -OCH3 is 1. The molecule has 0 radical (unpaired) electrons. The van der Waals surface area contributed by atoms with Gasteiger partial charge in [0.05, 0.1) is 12.5 Å². The summed E-state index contributed by atoms with van der Waals surface area (Å²) in [5.74, 6) is -0.958. The second-order valence-electron chi connectivity index (χ2n) is 6.82. The highest BCUT2D eigenvalue weighted by atomic mass is 16.5. The van der Waals surface area contributed by atoms with Gasteiger partial charge >= 0.3 is 12.0 Å². The standard InChI is InChI=1S/C16H28N2O4/c1-22-11-16(7-2-8-16)9-10-17-15(21)18-13-5-3-12(4-6-13)14(19)20/h12-13H,2-11H2,1H3,(H,19,20)(H2,17,18,21). The van der Waals surface area contributed by atoms with E-state index in [-0.39, 0.29) is 23.4 Å². The monoisotopic (exact) mass is 312 g/mol. The zero-order valence-corrected chi connectivity index (χ0v) is 13.4. The molecular weight excluding hydrogens is 284 g/mol. The number of carbonyl (C=O) groups excluding carboxylic acids is 1. The third kappa shape index (κ3) is 4.60. The lowest BCUT2D eigenvalue weighted by molar-refractivity contribution is -0.142. The normalized spacial score (nSPS) is 26.8. The molecule has 6 heteroatoms. The third-order valence-corrected chi connectivity index (χ3v) is 5.22. The van der Waals surface area contributed by atoms with Crippen LogP contribution in [0.1, 0.15) is 51.4 Å². The lowest BCUT2D eigenvalue weighted by atomic mass is 9.67. The molecular formula is C16H28N2O4. The number of carboxylic acids is 1. The largest absolute Gasteiger partial charge is 0.481 e. The fourth-order valence-corrected chi connectivity index (χ4v) is 3.61. The van der Waals surface area contributed by atoms with E-state index in [0.717, 1.165) is 25.9 Å². The predicted molar refractivity (Wildman–Crippen MR) is 82.7 cm³/mol. The summed E-state index contributed by atoms with van der Waals surface area (Å²) >= 11 is 0. The van der Waals surface area contributed by atoms with Gasteiger partial charge in [0.1, 0.15) is 0 Å². The van der Waals surface area contributed by atoms with Crippen LogP contribution in [0.5, 0.6) is 0 Å². The molecule has 2 fully saturated rings. The summed E-state index contributed by atoms with van der Waals surface area (Å²) in [5, 5.41) is 14.8. The molecule has 2 amide bonds. The average Bonchev–Trinajstić information content (AvgIpc) is 2.45. The van der Waals surface area contributed by atoms with Gasteiger partial charge in [-0.15, -0.1) is 0 Å². The second kappa shape index (κ2) is 7.81. The zero-order valence-electron chi connectivity index (χ0n) is 13.4. The van der Waals surface area contributed by atoms with Crippen molar-refractivity contribution in [3.8, 4) is 0 Å². The van der Waals surface area contributed by atoms with Crippen LogP contribution in [0.15, 0.2) is 0 Å². The summed E-state index contributed by atoms with van der Waals surface area (Å²) in [6, 6.07) is -0.0297. The quantitative estimate of drug-likeness (QED) is 0.672. The first-order valence-electron chi connectivity index (χ1n) is 8.31. The van der Waals surface area contributed by atoms with Gasteiger partial charge in [-0.05, 0) is 50.4 Å². The van der Waals surface area contributed by atoms with Crippen LogP contribution < -0.4 is 10.6 Å². The molecule has 0 heterocycles. The number of carboxylic acid groups (broad SMARTS) is 1. The maximum Gasteiger partial charge on any atom is 0.315 e. The first-order valence-corrected chi connectivity index (χ1v) is 8.31. The number of carbonyl (C=O) groups is 2. The number of rotatable bonds is 7. The van der Waals surface area contributed by atoms with Crippen LogP contribution in [-0.4, -0.2) is 43.4 Å². The molecule has 2 aliphatic rings. The van der Waals surface area contributed by atoms with Crippen molar-refractivity contribution < 1.29 is 19.4 Å². The number of ether oxygens (including phenoxy) is 1. The van der Waals surface area contributed by atoms with Crippen LogP contribution in [0.3, 0.4) is 0 Å². The van der Waals surface area contributed by atoms with E-state index in [0.29, 0.717) is 19.4 Å². The first-order chi connectivity index (χ1) is 10.5. The minimum absolute atomic E-state index is 0.104. The minimum atomic E-state index is -0.716.